The van der Waals surface area contributed by atoms with E-state index in [1.54, 1.807) is 4.90 Å². The Bertz CT molecular complexity index is 593. The topological polar surface area (TPSA) is 70.7 Å². The third-order valence-electron chi connectivity index (χ3n) is 5.21. The lowest BCUT2D eigenvalue weighted by Gasteiger charge is -2.32. The van der Waals surface area contributed by atoms with Crippen molar-refractivity contribution in [1.82, 2.24) is 15.5 Å². The first-order valence-electron chi connectivity index (χ1n) is 9.66. The minimum Gasteiger partial charge on any atom is -0.484 e. The molecule has 0 spiro atoms. The van der Waals surface area contributed by atoms with Crippen LogP contribution >= 0.6 is 12.4 Å². The van der Waals surface area contributed by atoms with Gasteiger partial charge >= 0.3 is 0 Å². The van der Waals surface area contributed by atoms with E-state index in [-0.39, 0.29) is 36.7 Å². The molecule has 0 bridgehead atoms. The molecule has 2 atom stereocenters. The first-order valence-corrected chi connectivity index (χ1v) is 9.66. The first kappa shape index (κ1) is 21.5. The molecule has 2 aliphatic heterocycles. The Morgan fingerprint density at radius 3 is 2.74 bits per heavy atom. The van der Waals surface area contributed by atoms with Crippen molar-refractivity contribution in [2.45, 2.75) is 25.7 Å². The van der Waals surface area contributed by atoms with Crippen molar-refractivity contribution < 1.29 is 14.3 Å². The lowest BCUT2D eigenvalue weighted by atomic mass is 9.95. The Hall–Kier alpha value is -1.79. The quantitative estimate of drug-likeness (QED) is 0.771. The molecule has 3 rings (SSSR count). The fourth-order valence-corrected chi connectivity index (χ4v) is 3.66. The molecule has 0 aliphatic carbocycles. The summed E-state index contributed by atoms with van der Waals surface area (Å²) < 4.78 is 5.54. The SMILES string of the molecule is Cl.O=C(NCC1CCCNC1)C1CCCN(C(=O)COc2ccccc2)C1. The van der Waals surface area contributed by atoms with Crippen LogP contribution in [-0.2, 0) is 9.59 Å². The number of carbonyl (C=O) groups is 2. The van der Waals surface area contributed by atoms with Crippen LogP contribution in [0.1, 0.15) is 25.7 Å². The van der Waals surface area contributed by atoms with Gasteiger partial charge in [0, 0.05) is 19.6 Å². The van der Waals surface area contributed by atoms with Crippen molar-refractivity contribution in [2.75, 3.05) is 39.3 Å². The second-order valence-electron chi connectivity index (χ2n) is 7.24. The van der Waals surface area contributed by atoms with Gasteiger partial charge in [-0.2, -0.15) is 0 Å². The average Bonchev–Trinajstić information content (AvgIpc) is 2.72. The van der Waals surface area contributed by atoms with Crippen molar-refractivity contribution in [3.63, 3.8) is 0 Å². The molecule has 2 saturated heterocycles. The van der Waals surface area contributed by atoms with Crippen molar-refractivity contribution in [2.24, 2.45) is 11.8 Å². The average molecular weight is 396 g/mol. The lowest BCUT2D eigenvalue weighted by molar-refractivity contribution is -0.137. The molecule has 2 aliphatic rings. The van der Waals surface area contributed by atoms with Gasteiger partial charge in [0.25, 0.3) is 5.91 Å². The number of benzene rings is 1. The second kappa shape index (κ2) is 11.1. The summed E-state index contributed by atoms with van der Waals surface area (Å²) in [5.41, 5.74) is 0. The number of halogens is 1. The Kier molecular flexibility index (Phi) is 8.88. The maximum atomic E-state index is 12.5. The van der Waals surface area contributed by atoms with E-state index in [2.05, 4.69) is 10.6 Å². The molecule has 0 aromatic heterocycles. The molecule has 2 N–H and O–H groups in total. The van der Waals surface area contributed by atoms with Crippen molar-refractivity contribution in [3.8, 4) is 5.75 Å². The molecule has 2 unspecified atom stereocenters. The lowest BCUT2D eigenvalue weighted by Crippen LogP contribution is -2.48. The minimum absolute atomic E-state index is 0. The summed E-state index contributed by atoms with van der Waals surface area (Å²) in [6.45, 7) is 4.00. The van der Waals surface area contributed by atoms with E-state index >= 15 is 0 Å². The highest BCUT2D eigenvalue weighted by Gasteiger charge is 2.29. The van der Waals surface area contributed by atoms with Gasteiger partial charge in [0.2, 0.25) is 5.91 Å². The number of hydrogen-bond acceptors (Lipinski definition) is 4. The maximum absolute atomic E-state index is 12.5. The van der Waals surface area contributed by atoms with Crippen LogP contribution in [-0.4, -0.2) is 56.0 Å². The Balaban J connectivity index is 0.00000261. The smallest absolute Gasteiger partial charge is 0.260 e. The predicted octanol–water partition coefficient (Wildman–Crippen LogP) is 1.84. The highest BCUT2D eigenvalue weighted by atomic mass is 35.5. The van der Waals surface area contributed by atoms with Crippen molar-refractivity contribution in [3.05, 3.63) is 30.3 Å². The van der Waals surface area contributed by atoms with E-state index in [4.69, 9.17) is 4.74 Å². The number of likely N-dealkylation sites (tertiary alicyclic amines) is 1. The molecule has 0 radical (unpaired) electrons. The fraction of sp³-hybridized carbons (Fsp3) is 0.600. The van der Waals surface area contributed by atoms with Gasteiger partial charge in [0.1, 0.15) is 5.75 Å². The third-order valence-corrected chi connectivity index (χ3v) is 5.21. The number of nitrogens with zero attached hydrogens (tertiary/aromatic N) is 1. The zero-order chi connectivity index (χ0) is 18.2. The number of para-hydroxylation sites is 1. The summed E-state index contributed by atoms with van der Waals surface area (Å²) >= 11 is 0. The zero-order valence-corrected chi connectivity index (χ0v) is 16.5. The van der Waals surface area contributed by atoms with Crippen LogP contribution in [0, 0.1) is 11.8 Å². The monoisotopic (exact) mass is 395 g/mol. The number of carbonyl (C=O) groups excluding carboxylic acids is 2. The third kappa shape index (κ3) is 6.70. The van der Waals surface area contributed by atoms with Gasteiger partial charge in [0.15, 0.2) is 6.61 Å². The van der Waals surface area contributed by atoms with Crippen LogP contribution < -0.4 is 15.4 Å². The van der Waals surface area contributed by atoms with Gasteiger partial charge in [-0.25, -0.2) is 0 Å². The number of rotatable bonds is 6. The highest BCUT2D eigenvalue weighted by Crippen LogP contribution is 2.18. The van der Waals surface area contributed by atoms with E-state index in [0.29, 0.717) is 24.8 Å². The molecule has 0 saturated carbocycles. The molecule has 27 heavy (non-hydrogen) atoms. The summed E-state index contributed by atoms with van der Waals surface area (Å²) in [6.07, 6.45) is 4.05. The fourth-order valence-electron chi connectivity index (χ4n) is 3.66. The Morgan fingerprint density at radius 1 is 1.19 bits per heavy atom. The predicted molar refractivity (Wildman–Crippen MR) is 107 cm³/mol. The molecule has 2 amide bonds. The van der Waals surface area contributed by atoms with Crippen LogP contribution in [0.15, 0.2) is 30.3 Å². The van der Waals surface area contributed by atoms with Crippen LogP contribution in [0.2, 0.25) is 0 Å². The molecule has 7 heteroatoms. The van der Waals surface area contributed by atoms with Crippen LogP contribution in [0.4, 0.5) is 0 Å². The Morgan fingerprint density at radius 2 is 2.00 bits per heavy atom. The maximum Gasteiger partial charge on any atom is 0.260 e. The largest absolute Gasteiger partial charge is 0.484 e. The number of nitrogens with one attached hydrogen (secondary N) is 2. The molecular formula is C20H30ClN3O3. The number of amides is 2. The number of piperidine rings is 2. The van der Waals surface area contributed by atoms with E-state index in [1.165, 1.54) is 12.8 Å². The zero-order valence-electron chi connectivity index (χ0n) is 15.7. The first-order chi connectivity index (χ1) is 12.7. The van der Waals surface area contributed by atoms with Crippen molar-refractivity contribution >= 4 is 24.2 Å². The van der Waals surface area contributed by atoms with Crippen LogP contribution in [0.25, 0.3) is 0 Å². The standard InChI is InChI=1S/C20H29N3O3.ClH/c24-19(15-26-18-8-2-1-3-9-18)23-11-5-7-17(14-23)20(25)22-13-16-6-4-10-21-12-16;/h1-3,8-9,16-17,21H,4-7,10-15H2,(H,22,25);1H. The summed E-state index contributed by atoms with van der Waals surface area (Å²) in [7, 11) is 0. The van der Waals surface area contributed by atoms with E-state index < -0.39 is 0 Å². The summed E-state index contributed by atoms with van der Waals surface area (Å²) in [4.78, 5) is 26.7. The summed E-state index contributed by atoms with van der Waals surface area (Å²) in [5, 5.41) is 6.46. The highest BCUT2D eigenvalue weighted by molar-refractivity contribution is 5.85. The summed E-state index contributed by atoms with van der Waals surface area (Å²) in [6, 6.07) is 9.33. The molecule has 6 nitrogen and oxygen atoms in total. The van der Waals surface area contributed by atoms with Crippen LogP contribution in [0.5, 0.6) is 5.75 Å². The van der Waals surface area contributed by atoms with Gasteiger partial charge in [-0.05, 0) is 56.8 Å². The molecule has 2 heterocycles. The van der Waals surface area contributed by atoms with Gasteiger partial charge in [0.05, 0.1) is 5.92 Å². The van der Waals surface area contributed by atoms with E-state index in [1.807, 2.05) is 30.3 Å². The van der Waals surface area contributed by atoms with E-state index in [9.17, 15) is 9.59 Å². The Labute approximate surface area is 167 Å². The minimum atomic E-state index is -0.110. The second-order valence-corrected chi connectivity index (χ2v) is 7.24. The van der Waals surface area contributed by atoms with Gasteiger partial charge in [-0.3, -0.25) is 9.59 Å². The normalized spacial score (nSPS) is 22.4. The van der Waals surface area contributed by atoms with Crippen molar-refractivity contribution in [1.29, 1.82) is 0 Å². The van der Waals surface area contributed by atoms with Gasteiger partial charge in [-0.15, -0.1) is 12.4 Å². The summed E-state index contributed by atoms with van der Waals surface area (Å²) in [5.74, 6) is 1.13. The molecule has 150 valence electrons. The van der Waals surface area contributed by atoms with Gasteiger partial charge < -0.3 is 20.3 Å². The van der Waals surface area contributed by atoms with E-state index in [0.717, 1.165) is 32.5 Å². The molecule has 1 aromatic rings. The molecular weight excluding hydrogens is 366 g/mol. The molecule has 2 fully saturated rings. The number of hydrogen-bond donors (Lipinski definition) is 2. The van der Waals surface area contributed by atoms with Crippen LogP contribution in [0.3, 0.4) is 0 Å². The van der Waals surface area contributed by atoms with Gasteiger partial charge in [-0.1, -0.05) is 18.2 Å². The molecule has 1 aromatic carbocycles. The number of ether oxygens (including phenoxy) is 1.